The average Bonchev–Trinajstić information content (AvgIpc) is 2.93. The van der Waals surface area contributed by atoms with Crippen LogP contribution in [0.1, 0.15) is 46.5 Å². The van der Waals surface area contributed by atoms with Gasteiger partial charge in [0.25, 0.3) is 5.91 Å². The summed E-state index contributed by atoms with van der Waals surface area (Å²) in [6, 6.07) is 20.5. The van der Waals surface area contributed by atoms with Gasteiger partial charge in [-0.1, -0.05) is 30.3 Å². The van der Waals surface area contributed by atoms with Gasteiger partial charge >= 0.3 is 0 Å². The van der Waals surface area contributed by atoms with Crippen molar-refractivity contribution in [3.63, 3.8) is 0 Å². The molecule has 2 aliphatic rings. The standard InChI is InChI=1S/C26H22N2O4/c1-32-18-9-7-16(8-10-18)20-12-11-19-24(27-20)25(30)23-21(28-26(19)31)13-17(14-22(23)29)15-5-3-2-4-6-15/h2-12,17,25,30H,13-14H2,1H3,(H,28,31). The molecule has 0 radical (unpaired) electrons. The Balaban J connectivity index is 1.53. The Labute approximate surface area is 185 Å². The summed E-state index contributed by atoms with van der Waals surface area (Å²) >= 11 is 0. The number of ether oxygens (including phenoxy) is 1. The molecular weight excluding hydrogens is 404 g/mol. The number of aromatic nitrogens is 1. The number of amides is 1. The highest BCUT2D eigenvalue weighted by atomic mass is 16.5. The van der Waals surface area contributed by atoms with Gasteiger partial charge in [-0.2, -0.15) is 0 Å². The number of hydrogen-bond acceptors (Lipinski definition) is 5. The number of nitrogens with zero attached hydrogens (tertiary/aromatic N) is 1. The molecule has 3 aromatic rings. The summed E-state index contributed by atoms with van der Waals surface area (Å²) in [4.78, 5) is 30.7. The van der Waals surface area contributed by atoms with Crippen LogP contribution in [0.5, 0.6) is 5.75 Å². The van der Waals surface area contributed by atoms with Crippen molar-refractivity contribution in [2.75, 3.05) is 7.11 Å². The van der Waals surface area contributed by atoms with Crippen LogP contribution in [0.25, 0.3) is 11.3 Å². The lowest BCUT2D eigenvalue weighted by Gasteiger charge is -2.27. The van der Waals surface area contributed by atoms with Gasteiger partial charge in [0.05, 0.1) is 24.1 Å². The number of methoxy groups -OCH3 is 1. The van der Waals surface area contributed by atoms with Crippen LogP contribution in [-0.2, 0) is 4.79 Å². The van der Waals surface area contributed by atoms with Gasteiger partial charge in [0.2, 0.25) is 0 Å². The van der Waals surface area contributed by atoms with Crippen LogP contribution in [-0.4, -0.2) is 28.9 Å². The molecule has 0 spiro atoms. The predicted octanol–water partition coefficient (Wildman–Crippen LogP) is 3.93. The van der Waals surface area contributed by atoms with Crippen LogP contribution in [0, 0.1) is 0 Å². The Morgan fingerprint density at radius 2 is 1.72 bits per heavy atom. The van der Waals surface area contributed by atoms with E-state index in [-0.39, 0.29) is 40.9 Å². The summed E-state index contributed by atoms with van der Waals surface area (Å²) in [6.45, 7) is 0. The molecule has 2 heterocycles. The second kappa shape index (κ2) is 8.05. The van der Waals surface area contributed by atoms with Gasteiger partial charge < -0.3 is 15.2 Å². The number of carbonyl (C=O) groups is 2. The fourth-order valence-electron chi connectivity index (χ4n) is 4.47. The second-order valence-corrected chi connectivity index (χ2v) is 8.05. The zero-order chi connectivity index (χ0) is 22.2. The first-order chi connectivity index (χ1) is 15.5. The molecule has 1 aliphatic carbocycles. The smallest absolute Gasteiger partial charge is 0.257 e. The zero-order valence-electron chi connectivity index (χ0n) is 17.5. The van der Waals surface area contributed by atoms with E-state index in [0.29, 0.717) is 17.8 Å². The molecule has 0 fully saturated rings. The van der Waals surface area contributed by atoms with Crippen molar-refractivity contribution in [3.05, 3.63) is 94.8 Å². The van der Waals surface area contributed by atoms with Crippen LogP contribution < -0.4 is 10.1 Å². The Morgan fingerprint density at radius 1 is 0.969 bits per heavy atom. The number of carbonyl (C=O) groups excluding carboxylic acids is 2. The number of nitrogens with one attached hydrogen (secondary N) is 1. The van der Waals surface area contributed by atoms with Crippen molar-refractivity contribution in [3.8, 4) is 17.0 Å². The molecule has 0 bridgehead atoms. The average molecular weight is 426 g/mol. The third-order valence-corrected chi connectivity index (χ3v) is 6.13. The molecule has 2 aromatic carbocycles. The summed E-state index contributed by atoms with van der Waals surface area (Å²) in [5.74, 6) is 0.147. The molecular formula is C26H22N2O4. The van der Waals surface area contributed by atoms with E-state index < -0.39 is 6.10 Å². The minimum atomic E-state index is -1.26. The Hall–Kier alpha value is -3.77. The summed E-state index contributed by atoms with van der Waals surface area (Å²) in [7, 11) is 1.60. The first-order valence-corrected chi connectivity index (χ1v) is 10.5. The highest BCUT2D eigenvalue weighted by molar-refractivity contribution is 6.04. The van der Waals surface area contributed by atoms with Crippen molar-refractivity contribution in [1.82, 2.24) is 10.3 Å². The molecule has 2 unspecified atom stereocenters. The van der Waals surface area contributed by atoms with E-state index in [4.69, 9.17) is 4.74 Å². The molecule has 1 amide bonds. The Bertz CT molecular complexity index is 1230. The molecule has 2 atom stereocenters. The number of aliphatic hydroxyl groups is 1. The number of ketones is 1. The number of rotatable bonds is 3. The number of Topliss-reactive ketones (excluding diaryl/α,β-unsaturated/α-hetero) is 1. The number of benzene rings is 2. The summed E-state index contributed by atoms with van der Waals surface area (Å²) in [6.07, 6.45) is -0.502. The lowest BCUT2D eigenvalue weighted by molar-refractivity contribution is -0.117. The molecule has 0 saturated heterocycles. The van der Waals surface area contributed by atoms with Crippen LogP contribution in [0.15, 0.2) is 78.0 Å². The highest BCUT2D eigenvalue weighted by Gasteiger charge is 2.38. The quantitative estimate of drug-likeness (QED) is 0.662. The zero-order valence-corrected chi connectivity index (χ0v) is 17.5. The van der Waals surface area contributed by atoms with E-state index in [1.807, 2.05) is 54.6 Å². The fourth-order valence-corrected chi connectivity index (χ4v) is 4.47. The molecule has 1 aliphatic heterocycles. The highest BCUT2D eigenvalue weighted by Crippen LogP contribution is 2.40. The van der Waals surface area contributed by atoms with Gasteiger partial charge in [0.1, 0.15) is 11.9 Å². The molecule has 5 rings (SSSR count). The first kappa shape index (κ1) is 20.2. The number of aliphatic hydroxyl groups excluding tert-OH is 1. The summed E-state index contributed by atoms with van der Waals surface area (Å²) < 4.78 is 5.20. The third-order valence-electron chi connectivity index (χ3n) is 6.13. The SMILES string of the molecule is COc1ccc(-c2ccc3c(n2)C(O)C2=C(CC(c4ccccc4)CC2=O)NC3=O)cc1. The van der Waals surface area contributed by atoms with Crippen LogP contribution in [0.3, 0.4) is 0 Å². The molecule has 160 valence electrons. The predicted molar refractivity (Wildman–Crippen MR) is 119 cm³/mol. The van der Waals surface area contributed by atoms with Crippen molar-refractivity contribution >= 4 is 11.7 Å². The largest absolute Gasteiger partial charge is 0.497 e. The Kier molecular flexibility index (Phi) is 5.07. The number of pyridine rings is 1. The van der Waals surface area contributed by atoms with Gasteiger partial charge in [0, 0.05) is 23.3 Å². The fraction of sp³-hybridized carbons (Fsp3) is 0.192. The lowest BCUT2D eigenvalue weighted by atomic mass is 9.80. The molecule has 1 aromatic heterocycles. The molecule has 2 N–H and O–H groups in total. The van der Waals surface area contributed by atoms with Crippen molar-refractivity contribution < 1.29 is 19.4 Å². The van der Waals surface area contributed by atoms with Gasteiger partial charge in [0.15, 0.2) is 5.78 Å². The lowest BCUT2D eigenvalue weighted by Crippen LogP contribution is -2.29. The molecule has 6 nitrogen and oxygen atoms in total. The monoisotopic (exact) mass is 426 g/mol. The van der Waals surface area contributed by atoms with Crippen LogP contribution >= 0.6 is 0 Å². The van der Waals surface area contributed by atoms with Gasteiger partial charge in [-0.3, -0.25) is 9.59 Å². The van der Waals surface area contributed by atoms with Crippen LogP contribution in [0.2, 0.25) is 0 Å². The molecule has 0 saturated carbocycles. The van der Waals surface area contributed by atoms with Crippen molar-refractivity contribution in [1.29, 1.82) is 0 Å². The summed E-state index contributed by atoms with van der Waals surface area (Å²) in [5, 5.41) is 14.1. The number of hydrogen-bond donors (Lipinski definition) is 2. The van der Waals surface area contributed by atoms with E-state index in [1.165, 1.54) is 0 Å². The number of allylic oxidation sites excluding steroid dienone is 1. The van der Waals surface area contributed by atoms with E-state index in [0.717, 1.165) is 16.9 Å². The summed E-state index contributed by atoms with van der Waals surface area (Å²) in [5.41, 5.74) is 3.66. The normalized spacial score (nSPS) is 20.2. The molecule has 6 heteroatoms. The topological polar surface area (TPSA) is 88.5 Å². The van der Waals surface area contributed by atoms with E-state index >= 15 is 0 Å². The minimum Gasteiger partial charge on any atom is -0.497 e. The van der Waals surface area contributed by atoms with Crippen LogP contribution in [0.4, 0.5) is 0 Å². The van der Waals surface area contributed by atoms with E-state index in [1.54, 1.807) is 19.2 Å². The van der Waals surface area contributed by atoms with Crippen molar-refractivity contribution in [2.24, 2.45) is 0 Å². The number of fused-ring (bicyclic) bond motifs is 1. The van der Waals surface area contributed by atoms with Crippen molar-refractivity contribution in [2.45, 2.75) is 24.9 Å². The van der Waals surface area contributed by atoms with Gasteiger partial charge in [-0.05, 0) is 54.3 Å². The minimum absolute atomic E-state index is 0.0426. The van der Waals surface area contributed by atoms with Gasteiger partial charge in [-0.15, -0.1) is 0 Å². The second-order valence-electron chi connectivity index (χ2n) is 8.05. The molecule has 32 heavy (non-hydrogen) atoms. The van der Waals surface area contributed by atoms with E-state index in [2.05, 4.69) is 10.3 Å². The maximum atomic E-state index is 13.1. The van der Waals surface area contributed by atoms with E-state index in [9.17, 15) is 14.7 Å². The maximum Gasteiger partial charge on any atom is 0.257 e. The van der Waals surface area contributed by atoms with Gasteiger partial charge in [-0.25, -0.2) is 4.98 Å². The third kappa shape index (κ3) is 3.48. The first-order valence-electron chi connectivity index (χ1n) is 10.5. The Morgan fingerprint density at radius 3 is 2.44 bits per heavy atom. The maximum absolute atomic E-state index is 13.1.